The first-order valence-electron chi connectivity index (χ1n) is 9.65. The van der Waals surface area contributed by atoms with Crippen LogP contribution in [-0.4, -0.2) is 43.5 Å². The Labute approximate surface area is 168 Å². The highest BCUT2D eigenvalue weighted by atomic mass is 32.2. The molecule has 2 aromatic rings. The zero-order valence-corrected chi connectivity index (χ0v) is 17.0. The highest BCUT2D eigenvalue weighted by Crippen LogP contribution is 2.24. The monoisotopic (exact) mass is 402 g/mol. The fraction of sp³-hybridized carbons (Fsp3) is 0.526. The zero-order chi connectivity index (χ0) is 19.9. The van der Waals surface area contributed by atoms with Crippen LogP contribution in [0.15, 0.2) is 29.7 Å². The van der Waals surface area contributed by atoms with Crippen LogP contribution in [-0.2, 0) is 11.3 Å². The minimum absolute atomic E-state index is 0.0993. The van der Waals surface area contributed by atoms with Crippen LogP contribution >= 0.6 is 11.8 Å². The van der Waals surface area contributed by atoms with Crippen molar-refractivity contribution in [2.24, 2.45) is 5.92 Å². The van der Waals surface area contributed by atoms with Crippen molar-refractivity contribution in [1.29, 1.82) is 0 Å². The molecule has 2 heterocycles. The van der Waals surface area contributed by atoms with Crippen LogP contribution in [0.5, 0.6) is 0 Å². The van der Waals surface area contributed by atoms with E-state index in [2.05, 4.69) is 32.7 Å². The molecule has 2 aromatic heterocycles. The molecule has 0 radical (unpaired) electrons. The van der Waals surface area contributed by atoms with Crippen molar-refractivity contribution in [3.63, 3.8) is 0 Å². The largest absolute Gasteiger partial charge is 0.335 e. The van der Waals surface area contributed by atoms with Gasteiger partial charge in [0.25, 0.3) is 0 Å². The topological polar surface area (TPSA) is 102 Å². The maximum atomic E-state index is 12.2. The summed E-state index contributed by atoms with van der Waals surface area (Å²) >= 11 is 1.27. The first-order chi connectivity index (χ1) is 13.6. The number of pyridine rings is 1. The molecule has 8 nitrogen and oxygen atoms in total. The number of nitrogens with one attached hydrogen (secondary N) is 2. The molecule has 0 aromatic carbocycles. The van der Waals surface area contributed by atoms with E-state index >= 15 is 0 Å². The van der Waals surface area contributed by atoms with E-state index in [1.807, 2.05) is 23.6 Å². The van der Waals surface area contributed by atoms with Crippen molar-refractivity contribution >= 4 is 23.7 Å². The van der Waals surface area contributed by atoms with E-state index in [0.29, 0.717) is 17.6 Å². The van der Waals surface area contributed by atoms with Gasteiger partial charge in [-0.3, -0.25) is 15.1 Å². The Morgan fingerprint density at radius 1 is 1.21 bits per heavy atom. The lowest BCUT2D eigenvalue weighted by molar-refractivity contribution is -0.117. The maximum absolute atomic E-state index is 12.2. The molecule has 1 saturated carbocycles. The Hall–Kier alpha value is -2.42. The number of hydrogen-bond donors (Lipinski definition) is 2. The van der Waals surface area contributed by atoms with E-state index in [4.69, 9.17) is 0 Å². The number of urea groups is 1. The van der Waals surface area contributed by atoms with Gasteiger partial charge in [-0.2, -0.15) is 0 Å². The van der Waals surface area contributed by atoms with Crippen LogP contribution < -0.4 is 10.6 Å². The highest BCUT2D eigenvalue weighted by molar-refractivity contribution is 7.99. The van der Waals surface area contributed by atoms with Crippen LogP contribution in [0.25, 0.3) is 11.4 Å². The third-order valence-corrected chi connectivity index (χ3v) is 5.95. The molecule has 0 aliphatic heterocycles. The Kier molecular flexibility index (Phi) is 7.02. The van der Waals surface area contributed by atoms with Crippen molar-refractivity contribution in [3.05, 3.63) is 24.5 Å². The number of aromatic nitrogens is 4. The van der Waals surface area contributed by atoms with Crippen molar-refractivity contribution in [2.75, 3.05) is 5.75 Å². The summed E-state index contributed by atoms with van der Waals surface area (Å²) in [6.45, 7) is 4.81. The van der Waals surface area contributed by atoms with Gasteiger partial charge < -0.3 is 9.88 Å². The average Bonchev–Trinajstić information content (AvgIpc) is 3.11. The first kappa shape index (κ1) is 20.3. The van der Waals surface area contributed by atoms with E-state index in [-0.39, 0.29) is 17.7 Å². The van der Waals surface area contributed by atoms with Gasteiger partial charge in [0.1, 0.15) is 0 Å². The fourth-order valence-electron chi connectivity index (χ4n) is 3.42. The second-order valence-electron chi connectivity index (χ2n) is 6.96. The normalized spacial score (nSPS) is 19.2. The summed E-state index contributed by atoms with van der Waals surface area (Å²) in [5, 5.41) is 14.4. The molecule has 1 aliphatic carbocycles. The second kappa shape index (κ2) is 9.68. The van der Waals surface area contributed by atoms with Crippen LogP contribution in [0.3, 0.4) is 0 Å². The molecule has 0 saturated heterocycles. The molecule has 0 unspecified atom stereocenters. The van der Waals surface area contributed by atoms with E-state index in [9.17, 15) is 9.59 Å². The molecule has 1 fully saturated rings. The van der Waals surface area contributed by atoms with Gasteiger partial charge >= 0.3 is 6.03 Å². The molecule has 2 atom stereocenters. The Morgan fingerprint density at radius 2 is 1.96 bits per heavy atom. The Morgan fingerprint density at radius 3 is 2.68 bits per heavy atom. The summed E-state index contributed by atoms with van der Waals surface area (Å²) in [4.78, 5) is 28.3. The molecule has 0 bridgehead atoms. The van der Waals surface area contributed by atoms with Crippen LogP contribution in [0, 0.1) is 5.92 Å². The number of rotatable bonds is 6. The molecule has 2 N–H and O–H groups in total. The number of amides is 3. The molecular formula is C19H26N6O2S. The Balaban J connectivity index is 1.53. The van der Waals surface area contributed by atoms with Crippen LogP contribution in [0.4, 0.5) is 4.79 Å². The second-order valence-corrected chi connectivity index (χ2v) is 7.91. The average molecular weight is 403 g/mol. The number of nitrogens with zero attached hydrogens (tertiary/aromatic N) is 4. The van der Waals surface area contributed by atoms with Gasteiger partial charge in [-0.05, 0) is 37.8 Å². The predicted molar refractivity (Wildman–Crippen MR) is 108 cm³/mol. The summed E-state index contributed by atoms with van der Waals surface area (Å²) in [7, 11) is 0. The summed E-state index contributed by atoms with van der Waals surface area (Å²) in [6, 6.07) is 3.46. The lowest BCUT2D eigenvalue weighted by Crippen LogP contribution is -2.48. The fourth-order valence-corrected chi connectivity index (χ4v) is 4.23. The predicted octanol–water partition coefficient (Wildman–Crippen LogP) is 2.86. The van der Waals surface area contributed by atoms with Gasteiger partial charge in [-0.25, -0.2) is 4.79 Å². The summed E-state index contributed by atoms with van der Waals surface area (Å²) in [6.07, 6.45) is 7.81. The van der Waals surface area contributed by atoms with Gasteiger partial charge in [0.2, 0.25) is 5.91 Å². The van der Waals surface area contributed by atoms with Gasteiger partial charge in [0, 0.05) is 30.5 Å². The molecule has 150 valence electrons. The van der Waals surface area contributed by atoms with Crippen LogP contribution in [0.2, 0.25) is 0 Å². The lowest BCUT2D eigenvalue weighted by Gasteiger charge is -2.29. The van der Waals surface area contributed by atoms with Gasteiger partial charge in [-0.15, -0.1) is 10.2 Å². The van der Waals surface area contributed by atoms with E-state index < -0.39 is 6.03 Å². The Bertz CT molecular complexity index is 810. The summed E-state index contributed by atoms with van der Waals surface area (Å²) < 4.78 is 1.94. The van der Waals surface area contributed by atoms with Crippen molar-refractivity contribution in [2.45, 2.75) is 57.3 Å². The highest BCUT2D eigenvalue weighted by Gasteiger charge is 2.23. The quantitative estimate of drug-likeness (QED) is 0.721. The van der Waals surface area contributed by atoms with Crippen molar-refractivity contribution in [1.82, 2.24) is 30.4 Å². The number of hydrogen-bond acceptors (Lipinski definition) is 6. The summed E-state index contributed by atoms with van der Waals surface area (Å²) in [5.41, 5.74) is 0.918. The number of imide groups is 1. The molecule has 28 heavy (non-hydrogen) atoms. The van der Waals surface area contributed by atoms with E-state index in [0.717, 1.165) is 30.7 Å². The lowest BCUT2D eigenvalue weighted by atomic mass is 9.86. The number of carbonyl (C=O) groups is 2. The van der Waals surface area contributed by atoms with Gasteiger partial charge in [0.05, 0.1) is 5.75 Å². The van der Waals surface area contributed by atoms with Crippen LogP contribution in [0.1, 0.15) is 39.5 Å². The van der Waals surface area contributed by atoms with Crippen molar-refractivity contribution in [3.8, 4) is 11.4 Å². The SMILES string of the molecule is CCn1c(SCC(=O)NC(=O)N[C@@H]2CCCC[C@@H]2C)nnc1-c1ccncc1. The van der Waals surface area contributed by atoms with Gasteiger partial charge in [-0.1, -0.05) is 31.5 Å². The molecular weight excluding hydrogens is 376 g/mol. The molecule has 1 aliphatic rings. The molecule has 3 rings (SSSR count). The first-order valence-corrected chi connectivity index (χ1v) is 10.6. The van der Waals surface area contributed by atoms with E-state index in [1.54, 1.807) is 12.4 Å². The van der Waals surface area contributed by atoms with E-state index in [1.165, 1.54) is 18.2 Å². The third-order valence-electron chi connectivity index (χ3n) is 4.98. The number of carbonyl (C=O) groups excluding carboxylic acids is 2. The zero-order valence-electron chi connectivity index (χ0n) is 16.2. The maximum Gasteiger partial charge on any atom is 0.321 e. The number of thioether (sulfide) groups is 1. The smallest absolute Gasteiger partial charge is 0.321 e. The minimum Gasteiger partial charge on any atom is -0.335 e. The molecule has 9 heteroatoms. The summed E-state index contributed by atoms with van der Waals surface area (Å²) in [5.74, 6) is 0.930. The third kappa shape index (κ3) is 5.09. The van der Waals surface area contributed by atoms with Crippen molar-refractivity contribution < 1.29 is 9.59 Å². The molecule has 3 amide bonds. The minimum atomic E-state index is -0.418. The van der Waals surface area contributed by atoms with Gasteiger partial charge in [0.15, 0.2) is 11.0 Å². The standard InChI is InChI=1S/C19H26N6O2S/c1-3-25-17(14-8-10-20-11-9-14)23-24-19(25)28-12-16(26)22-18(27)21-15-7-5-4-6-13(15)2/h8-11,13,15H,3-7,12H2,1-2H3,(H2,21,22,26,27)/t13-,15+/m0/s1. The molecule has 0 spiro atoms.